The van der Waals surface area contributed by atoms with Crippen molar-refractivity contribution in [1.82, 2.24) is 0 Å². The monoisotopic (exact) mass is 414 g/mol. The van der Waals surface area contributed by atoms with E-state index in [4.69, 9.17) is 14.2 Å². The van der Waals surface area contributed by atoms with Crippen LogP contribution in [0, 0.1) is 5.92 Å². The van der Waals surface area contributed by atoms with Crippen LogP contribution in [0.2, 0.25) is 0 Å². The molecule has 0 aromatic heterocycles. The highest BCUT2D eigenvalue weighted by atomic mass is 16.6. The lowest BCUT2D eigenvalue weighted by Gasteiger charge is -2.23. The Morgan fingerprint density at radius 2 is 1.30 bits per heavy atom. The Bertz CT molecular complexity index is 863. The highest BCUT2D eigenvalue weighted by Crippen LogP contribution is 2.17. The maximum absolute atomic E-state index is 12.5. The smallest absolute Gasteiger partial charge is 0.348 e. The van der Waals surface area contributed by atoms with Crippen molar-refractivity contribution in [2.24, 2.45) is 5.92 Å². The Labute approximate surface area is 173 Å². The second-order valence-electron chi connectivity index (χ2n) is 6.04. The topological polar surface area (TPSA) is 105 Å². The molecule has 0 unspecified atom stereocenters. The van der Waals surface area contributed by atoms with Crippen LogP contribution in [0.3, 0.4) is 0 Å². The molecule has 2 rings (SSSR count). The lowest BCUT2D eigenvalue weighted by molar-refractivity contribution is -0.167. The zero-order valence-corrected chi connectivity index (χ0v) is 16.6. The van der Waals surface area contributed by atoms with Crippen LogP contribution in [0.5, 0.6) is 0 Å². The summed E-state index contributed by atoms with van der Waals surface area (Å²) >= 11 is 0. The van der Waals surface area contributed by atoms with E-state index in [0.29, 0.717) is 0 Å². The first-order valence-corrected chi connectivity index (χ1v) is 9.20. The van der Waals surface area contributed by atoms with Gasteiger partial charge in [-0.05, 0) is 31.2 Å². The number of rotatable bonds is 9. The molecule has 0 heterocycles. The zero-order chi connectivity index (χ0) is 21.9. The number of esters is 4. The largest absolute Gasteiger partial charge is 0.466 e. The highest BCUT2D eigenvalue weighted by Gasteiger charge is 2.40. The van der Waals surface area contributed by atoms with E-state index in [-0.39, 0.29) is 17.7 Å². The van der Waals surface area contributed by atoms with Crippen LogP contribution >= 0.6 is 0 Å². The molecule has 0 radical (unpaired) electrons. The molecule has 2 aromatic rings. The number of carbonyl (C=O) groups is 4. The molecule has 30 heavy (non-hydrogen) atoms. The van der Waals surface area contributed by atoms with Crippen LogP contribution in [-0.2, 0) is 28.5 Å². The Hall–Kier alpha value is -3.68. The summed E-state index contributed by atoms with van der Waals surface area (Å²) in [5, 5.41) is 0. The molecule has 0 fully saturated rings. The maximum atomic E-state index is 12.5. The minimum atomic E-state index is -1.66. The van der Waals surface area contributed by atoms with Gasteiger partial charge in [0.2, 0.25) is 6.10 Å². The molecule has 0 spiro atoms. The molecule has 8 nitrogen and oxygen atoms in total. The predicted molar refractivity (Wildman–Crippen MR) is 105 cm³/mol. The van der Waals surface area contributed by atoms with Crippen LogP contribution in [0.1, 0.15) is 27.6 Å². The molecule has 2 aromatic carbocycles. The molecule has 0 saturated carbocycles. The average Bonchev–Trinajstić information content (AvgIpc) is 2.78. The lowest BCUT2D eigenvalue weighted by atomic mass is 10.0. The molecule has 0 bridgehead atoms. The van der Waals surface area contributed by atoms with Crippen molar-refractivity contribution in [3.63, 3.8) is 0 Å². The second-order valence-corrected chi connectivity index (χ2v) is 6.04. The van der Waals surface area contributed by atoms with E-state index < -0.39 is 42.5 Å². The van der Waals surface area contributed by atoms with Crippen LogP contribution in [0.4, 0.5) is 0 Å². The average molecular weight is 414 g/mol. The standard InChI is InChI=1S/C22H22O8/c1-3-28-21(25)17(14-29-19(23)15-10-6-4-7-11-15)18(22(26)27-2)30-20(24)16-12-8-5-9-13-16/h4-13,17-18H,3,14H2,1-2H3/t17-,18-/m1/s1. The molecule has 0 N–H and O–H groups in total. The molecule has 2 atom stereocenters. The summed E-state index contributed by atoms with van der Waals surface area (Å²) < 4.78 is 20.1. The van der Waals surface area contributed by atoms with Gasteiger partial charge in [-0.3, -0.25) is 4.79 Å². The van der Waals surface area contributed by atoms with Gasteiger partial charge in [-0.15, -0.1) is 0 Å². The molecule has 0 amide bonds. The van der Waals surface area contributed by atoms with Crippen molar-refractivity contribution in [1.29, 1.82) is 0 Å². The van der Waals surface area contributed by atoms with Gasteiger partial charge in [0.15, 0.2) is 0 Å². The first kappa shape index (κ1) is 22.6. The number of hydrogen-bond donors (Lipinski definition) is 0. The SMILES string of the molecule is CCOC(=O)[C@H](COC(=O)c1ccccc1)[C@@H](OC(=O)c1ccccc1)C(=O)OC. The third-order valence-corrected chi connectivity index (χ3v) is 4.04. The van der Waals surface area contributed by atoms with Gasteiger partial charge in [0.05, 0.1) is 24.8 Å². The Kier molecular flexibility index (Phi) is 8.56. The molecule has 0 aliphatic carbocycles. The zero-order valence-electron chi connectivity index (χ0n) is 16.6. The van der Waals surface area contributed by atoms with Gasteiger partial charge in [0.1, 0.15) is 12.5 Å². The molecule has 0 aliphatic heterocycles. The quantitative estimate of drug-likeness (QED) is 0.455. The third kappa shape index (κ3) is 6.16. The Balaban J connectivity index is 2.22. The van der Waals surface area contributed by atoms with Crippen LogP contribution in [0.15, 0.2) is 60.7 Å². The summed E-state index contributed by atoms with van der Waals surface area (Å²) in [4.78, 5) is 49.4. The summed E-state index contributed by atoms with van der Waals surface area (Å²) in [5.74, 6) is -4.79. The van der Waals surface area contributed by atoms with E-state index in [1.165, 1.54) is 24.3 Å². The summed E-state index contributed by atoms with van der Waals surface area (Å²) in [5.41, 5.74) is 0.436. The minimum Gasteiger partial charge on any atom is -0.466 e. The molecular formula is C22H22O8. The molecular weight excluding hydrogens is 392 g/mol. The van der Waals surface area contributed by atoms with Gasteiger partial charge in [-0.2, -0.15) is 0 Å². The van der Waals surface area contributed by atoms with Gasteiger partial charge < -0.3 is 18.9 Å². The van der Waals surface area contributed by atoms with E-state index in [2.05, 4.69) is 4.74 Å². The van der Waals surface area contributed by atoms with Gasteiger partial charge in [0.25, 0.3) is 0 Å². The molecule has 0 saturated heterocycles. The number of methoxy groups -OCH3 is 1. The molecule has 158 valence electrons. The van der Waals surface area contributed by atoms with Crippen molar-refractivity contribution in [3.8, 4) is 0 Å². The van der Waals surface area contributed by atoms with E-state index in [9.17, 15) is 19.2 Å². The summed E-state index contributed by atoms with van der Waals surface area (Å²) in [7, 11) is 1.09. The predicted octanol–water partition coefficient (Wildman–Crippen LogP) is 2.42. The van der Waals surface area contributed by atoms with Crippen molar-refractivity contribution in [2.45, 2.75) is 13.0 Å². The fraction of sp³-hybridized carbons (Fsp3) is 0.273. The van der Waals surface area contributed by atoms with E-state index in [1.807, 2.05) is 0 Å². The molecule has 0 aliphatic rings. The van der Waals surface area contributed by atoms with Gasteiger partial charge in [-0.1, -0.05) is 36.4 Å². The summed E-state index contributed by atoms with van der Waals surface area (Å²) in [6.07, 6.45) is -1.66. The van der Waals surface area contributed by atoms with Crippen molar-refractivity contribution in [2.75, 3.05) is 20.3 Å². The number of benzene rings is 2. The minimum absolute atomic E-state index is 0.0164. The van der Waals surface area contributed by atoms with Gasteiger partial charge in [-0.25, -0.2) is 14.4 Å². The van der Waals surface area contributed by atoms with Crippen molar-refractivity contribution >= 4 is 23.9 Å². The first-order chi connectivity index (χ1) is 14.5. The highest BCUT2D eigenvalue weighted by molar-refractivity contribution is 5.93. The summed E-state index contributed by atoms with van der Waals surface area (Å²) in [6.45, 7) is 1.05. The maximum Gasteiger partial charge on any atom is 0.348 e. The Morgan fingerprint density at radius 3 is 1.80 bits per heavy atom. The normalized spacial score (nSPS) is 12.2. The lowest BCUT2D eigenvalue weighted by Crippen LogP contribution is -2.43. The van der Waals surface area contributed by atoms with Crippen LogP contribution in [0.25, 0.3) is 0 Å². The second kappa shape index (κ2) is 11.4. The summed E-state index contributed by atoms with van der Waals surface area (Å²) in [6, 6.07) is 16.0. The van der Waals surface area contributed by atoms with E-state index in [1.54, 1.807) is 43.3 Å². The first-order valence-electron chi connectivity index (χ1n) is 9.20. The fourth-order valence-electron chi connectivity index (χ4n) is 2.52. The van der Waals surface area contributed by atoms with Gasteiger partial charge >= 0.3 is 23.9 Å². The Morgan fingerprint density at radius 1 is 0.767 bits per heavy atom. The van der Waals surface area contributed by atoms with Crippen molar-refractivity contribution in [3.05, 3.63) is 71.8 Å². The number of hydrogen-bond acceptors (Lipinski definition) is 8. The number of carbonyl (C=O) groups excluding carboxylic acids is 4. The molecule has 8 heteroatoms. The third-order valence-electron chi connectivity index (χ3n) is 4.04. The van der Waals surface area contributed by atoms with Crippen LogP contribution < -0.4 is 0 Å². The van der Waals surface area contributed by atoms with Crippen LogP contribution in [-0.4, -0.2) is 50.3 Å². The van der Waals surface area contributed by atoms with E-state index in [0.717, 1.165) is 7.11 Å². The van der Waals surface area contributed by atoms with Gasteiger partial charge in [0, 0.05) is 0 Å². The van der Waals surface area contributed by atoms with Crippen molar-refractivity contribution < 1.29 is 38.1 Å². The fourth-order valence-corrected chi connectivity index (χ4v) is 2.52. The van der Waals surface area contributed by atoms with E-state index >= 15 is 0 Å². The number of ether oxygens (including phenoxy) is 4.